The number of carbonyl (C=O) groups excluding carboxylic acids is 1. The average Bonchev–Trinajstić information content (AvgIpc) is 3.31. The Morgan fingerprint density at radius 2 is 2.13 bits per heavy atom. The van der Waals surface area contributed by atoms with Gasteiger partial charge in [-0.1, -0.05) is 5.92 Å². The van der Waals surface area contributed by atoms with Crippen LogP contribution in [-0.2, 0) is 9.53 Å². The number of rotatable bonds is 4. The van der Waals surface area contributed by atoms with Gasteiger partial charge in [-0.2, -0.15) is 0 Å². The van der Waals surface area contributed by atoms with Crippen molar-refractivity contribution in [2.75, 3.05) is 45.0 Å². The Balaban J connectivity index is 1.58. The Morgan fingerprint density at radius 3 is 2.87 bits per heavy atom. The minimum Gasteiger partial charge on any atom is -0.387 e. The first-order chi connectivity index (χ1) is 15.0. The number of piperazine rings is 1. The Hall–Kier alpha value is -2.82. The standard InChI is InChI=1S/C19H26N8O4/c1-2-22-18(30)15-13(28)14(29)19(31-15)27-10-23-12-16(20)24-11(25-17(12)27)4-3-7-26-8-5-21-6-9-26/h10,13-15,19,21,28-29H,2,5-9H2,1H3,(H,22,30)(H2,20,24,25). The second kappa shape index (κ2) is 9.13. The topological polar surface area (TPSA) is 164 Å². The lowest BCUT2D eigenvalue weighted by molar-refractivity contribution is -0.137. The van der Waals surface area contributed by atoms with Crippen LogP contribution < -0.4 is 16.4 Å². The van der Waals surface area contributed by atoms with E-state index >= 15 is 0 Å². The van der Waals surface area contributed by atoms with Crippen LogP contribution in [0.5, 0.6) is 0 Å². The van der Waals surface area contributed by atoms with Gasteiger partial charge in [0.15, 0.2) is 23.8 Å². The molecule has 2 fully saturated rings. The van der Waals surface area contributed by atoms with Crippen molar-refractivity contribution in [3.8, 4) is 11.8 Å². The predicted octanol–water partition coefficient (Wildman–Crippen LogP) is -2.58. The number of nitrogens with zero attached hydrogens (tertiary/aromatic N) is 5. The summed E-state index contributed by atoms with van der Waals surface area (Å²) in [6, 6.07) is 0. The van der Waals surface area contributed by atoms with E-state index in [1.807, 2.05) is 0 Å². The maximum Gasteiger partial charge on any atom is 0.252 e. The van der Waals surface area contributed by atoms with Gasteiger partial charge in [-0.05, 0) is 12.8 Å². The van der Waals surface area contributed by atoms with Crippen molar-refractivity contribution in [1.82, 2.24) is 35.1 Å². The highest BCUT2D eigenvalue weighted by Crippen LogP contribution is 2.32. The number of nitrogens with two attached hydrogens (primary N) is 1. The van der Waals surface area contributed by atoms with Crippen molar-refractivity contribution in [2.45, 2.75) is 31.5 Å². The van der Waals surface area contributed by atoms with Crippen molar-refractivity contribution in [1.29, 1.82) is 0 Å². The van der Waals surface area contributed by atoms with Crippen LogP contribution in [0.1, 0.15) is 19.0 Å². The van der Waals surface area contributed by atoms with Crippen LogP contribution in [0.15, 0.2) is 6.33 Å². The number of anilines is 1. The van der Waals surface area contributed by atoms with Crippen LogP contribution in [0.4, 0.5) is 5.82 Å². The van der Waals surface area contributed by atoms with Crippen molar-refractivity contribution in [3.05, 3.63) is 12.2 Å². The maximum atomic E-state index is 12.1. The molecule has 6 N–H and O–H groups in total. The molecule has 1 amide bonds. The number of nitrogens with one attached hydrogen (secondary N) is 2. The van der Waals surface area contributed by atoms with Gasteiger partial charge in [0.25, 0.3) is 5.91 Å². The van der Waals surface area contributed by atoms with Gasteiger partial charge < -0.3 is 31.3 Å². The van der Waals surface area contributed by atoms with Gasteiger partial charge in [-0.3, -0.25) is 14.3 Å². The predicted molar refractivity (Wildman–Crippen MR) is 111 cm³/mol. The highest BCUT2D eigenvalue weighted by atomic mass is 16.6. The lowest BCUT2D eigenvalue weighted by Gasteiger charge is -2.24. The first kappa shape index (κ1) is 21.4. The van der Waals surface area contributed by atoms with Crippen LogP contribution >= 0.6 is 0 Å². The zero-order chi connectivity index (χ0) is 22.0. The lowest BCUT2D eigenvalue weighted by Crippen LogP contribution is -2.43. The molecule has 0 radical (unpaired) electrons. The van der Waals surface area contributed by atoms with E-state index in [1.165, 1.54) is 10.9 Å². The molecule has 2 saturated heterocycles. The zero-order valence-electron chi connectivity index (χ0n) is 17.2. The molecule has 4 unspecified atom stereocenters. The molecular weight excluding hydrogens is 404 g/mol. The highest BCUT2D eigenvalue weighted by Gasteiger charge is 2.47. The third kappa shape index (κ3) is 4.32. The van der Waals surface area contributed by atoms with Crippen LogP contribution in [0.2, 0.25) is 0 Å². The molecule has 0 aromatic carbocycles. The number of ether oxygens (including phenoxy) is 1. The number of aliphatic hydroxyl groups excluding tert-OH is 2. The van der Waals surface area contributed by atoms with E-state index < -0.39 is 30.4 Å². The number of hydrogen-bond donors (Lipinski definition) is 5. The molecule has 4 heterocycles. The van der Waals surface area contributed by atoms with Crippen molar-refractivity contribution >= 4 is 22.9 Å². The second-order valence-corrected chi connectivity index (χ2v) is 7.41. The summed E-state index contributed by atoms with van der Waals surface area (Å²) < 4.78 is 7.09. The number of nitrogen functional groups attached to an aromatic ring is 1. The Kier molecular flexibility index (Phi) is 6.30. The molecule has 4 atom stereocenters. The minimum atomic E-state index is -1.40. The van der Waals surface area contributed by atoms with Gasteiger partial charge in [0.1, 0.15) is 17.7 Å². The molecule has 2 aliphatic heterocycles. The van der Waals surface area contributed by atoms with Gasteiger partial charge in [0.2, 0.25) is 5.82 Å². The van der Waals surface area contributed by atoms with Gasteiger partial charge >= 0.3 is 0 Å². The normalized spacial score (nSPS) is 26.5. The summed E-state index contributed by atoms with van der Waals surface area (Å²) in [6.45, 7) is 6.44. The molecule has 166 valence electrons. The molecule has 2 aliphatic rings. The lowest BCUT2D eigenvalue weighted by atomic mass is 10.1. The SMILES string of the molecule is CCNC(=O)C1OC(n2cnc3c(N)nc(C#CCN4CCNCC4)nc32)C(O)C1O. The number of amides is 1. The minimum absolute atomic E-state index is 0.142. The Bertz CT molecular complexity index is 1010. The van der Waals surface area contributed by atoms with E-state index in [4.69, 9.17) is 10.5 Å². The molecule has 0 saturated carbocycles. The molecule has 0 aliphatic carbocycles. The van der Waals surface area contributed by atoms with E-state index in [0.717, 1.165) is 26.2 Å². The van der Waals surface area contributed by atoms with Gasteiger partial charge in [-0.15, -0.1) is 0 Å². The second-order valence-electron chi connectivity index (χ2n) is 7.41. The largest absolute Gasteiger partial charge is 0.387 e. The number of aliphatic hydroxyl groups is 2. The van der Waals surface area contributed by atoms with Gasteiger partial charge in [0, 0.05) is 32.7 Å². The monoisotopic (exact) mass is 430 g/mol. The molecule has 0 bridgehead atoms. The summed E-state index contributed by atoms with van der Waals surface area (Å²) in [4.78, 5) is 27.2. The van der Waals surface area contributed by atoms with Crippen molar-refractivity contribution in [3.63, 3.8) is 0 Å². The number of hydrogen-bond acceptors (Lipinski definition) is 10. The highest BCUT2D eigenvalue weighted by molar-refractivity contribution is 5.83. The van der Waals surface area contributed by atoms with Crippen molar-refractivity contribution in [2.24, 2.45) is 0 Å². The first-order valence-electron chi connectivity index (χ1n) is 10.2. The summed E-state index contributed by atoms with van der Waals surface area (Å²) in [5.41, 5.74) is 6.65. The summed E-state index contributed by atoms with van der Waals surface area (Å²) in [6.07, 6.45) is -3.65. The van der Waals surface area contributed by atoms with Gasteiger partial charge in [-0.25, -0.2) is 15.0 Å². The summed E-state index contributed by atoms with van der Waals surface area (Å²) >= 11 is 0. The number of carbonyl (C=O) groups is 1. The van der Waals surface area contributed by atoms with E-state index in [1.54, 1.807) is 6.92 Å². The number of likely N-dealkylation sites (N-methyl/N-ethyl adjacent to an activating group) is 1. The van der Waals surface area contributed by atoms with E-state index in [2.05, 4.69) is 42.3 Å². The quantitative estimate of drug-likeness (QED) is 0.326. The third-order valence-corrected chi connectivity index (χ3v) is 5.28. The molecule has 0 spiro atoms. The molecule has 2 aromatic rings. The third-order valence-electron chi connectivity index (χ3n) is 5.28. The molecule has 12 heteroatoms. The summed E-state index contributed by atoms with van der Waals surface area (Å²) in [7, 11) is 0. The van der Waals surface area contributed by atoms with E-state index in [9.17, 15) is 15.0 Å². The fraction of sp³-hybridized carbons (Fsp3) is 0.579. The smallest absolute Gasteiger partial charge is 0.252 e. The molecular formula is C19H26N8O4. The van der Waals surface area contributed by atoms with Crippen LogP contribution in [-0.4, -0.2) is 98.1 Å². The summed E-state index contributed by atoms with van der Waals surface area (Å²) in [5.74, 6) is 5.84. The molecule has 2 aromatic heterocycles. The molecule has 12 nitrogen and oxygen atoms in total. The Morgan fingerprint density at radius 1 is 1.35 bits per heavy atom. The van der Waals surface area contributed by atoms with Crippen LogP contribution in [0.3, 0.4) is 0 Å². The number of fused-ring (bicyclic) bond motifs is 1. The summed E-state index contributed by atoms with van der Waals surface area (Å²) in [5, 5.41) is 26.6. The Labute approximate surface area is 178 Å². The maximum absolute atomic E-state index is 12.1. The fourth-order valence-corrected chi connectivity index (χ4v) is 3.66. The molecule has 4 rings (SSSR count). The van der Waals surface area contributed by atoms with E-state index in [0.29, 0.717) is 24.3 Å². The van der Waals surface area contributed by atoms with Gasteiger partial charge in [0.05, 0.1) is 12.9 Å². The molecule has 31 heavy (non-hydrogen) atoms. The van der Waals surface area contributed by atoms with Crippen LogP contribution in [0, 0.1) is 11.8 Å². The first-order valence-corrected chi connectivity index (χ1v) is 10.2. The zero-order valence-corrected chi connectivity index (χ0v) is 17.2. The van der Waals surface area contributed by atoms with Crippen molar-refractivity contribution < 1.29 is 19.7 Å². The number of aromatic nitrogens is 4. The fourth-order valence-electron chi connectivity index (χ4n) is 3.66. The van der Waals surface area contributed by atoms with E-state index in [-0.39, 0.29) is 11.6 Å². The average molecular weight is 430 g/mol. The van der Waals surface area contributed by atoms with Crippen LogP contribution in [0.25, 0.3) is 11.2 Å². The number of imidazole rings is 1.